The van der Waals surface area contributed by atoms with E-state index in [0.29, 0.717) is 31.5 Å². The van der Waals surface area contributed by atoms with Gasteiger partial charge in [-0.15, -0.1) is 5.10 Å². The summed E-state index contributed by atoms with van der Waals surface area (Å²) in [5.41, 5.74) is 0.891. The van der Waals surface area contributed by atoms with Crippen molar-refractivity contribution in [3.8, 4) is 0 Å². The number of nitrogens with one attached hydrogen (secondary N) is 1. The highest BCUT2D eigenvalue weighted by atomic mass is 16.3. The maximum absolute atomic E-state index is 9.24. The van der Waals surface area contributed by atoms with Gasteiger partial charge in [0.25, 0.3) is 0 Å². The van der Waals surface area contributed by atoms with E-state index < -0.39 is 0 Å². The quantitative estimate of drug-likeness (QED) is 0.626. The molecule has 0 aliphatic heterocycles. The lowest BCUT2D eigenvalue weighted by molar-refractivity contribution is 0.192. The van der Waals surface area contributed by atoms with Crippen LogP contribution in [0.15, 0.2) is 6.20 Å². The Hall–Kier alpha value is -0.980. The molecule has 0 bridgehead atoms. The lowest BCUT2D eigenvalue weighted by atomic mass is 9.97. The molecule has 0 radical (unpaired) electrons. The highest BCUT2D eigenvalue weighted by Crippen LogP contribution is 2.30. The first-order valence-corrected chi connectivity index (χ1v) is 6.65. The van der Waals surface area contributed by atoms with Gasteiger partial charge in [-0.25, -0.2) is 4.68 Å². The van der Waals surface area contributed by atoms with Crippen LogP contribution >= 0.6 is 0 Å². The van der Waals surface area contributed by atoms with E-state index in [1.54, 1.807) is 4.68 Å². The van der Waals surface area contributed by atoms with Crippen molar-refractivity contribution in [3.05, 3.63) is 11.9 Å². The highest BCUT2D eigenvalue weighted by Gasteiger charge is 2.25. The largest absolute Gasteiger partial charge is 0.396 e. The molecule has 2 rings (SSSR count). The summed E-state index contributed by atoms with van der Waals surface area (Å²) in [5.74, 6) is 1.05. The predicted molar refractivity (Wildman–Crippen MR) is 66.7 cm³/mol. The molecule has 0 aromatic carbocycles. The van der Waals surface area contributed by atoms with Crippen LogP contribution in [-0.2, 0) is 13.1 Å². The second-order valence-electron chi connectivity index (χ2n) is 4.96. The fourth-order valence-corrected chi connectivity index (χ4v) is 2.64. The monoisotopic (exact) mass is 254 g/mol. The van der Waals surface area contributed by atoms with Gasteiger partial charge in [-0.2, -0.15) is 0 Å². The van der Waals surface area contributed by atoms with E-state index in [0.717, 1.165) is 18.7 Å². The van der Waals surface area contributed by atoms with Crippen LogP contribution in [0, 0.1) is 11.8 Å². The van der Waals surface area contributed by atoms with Gasteiger partial charge in [0, 0.05) is 19.3 Å². The van der Waals surface area contributed by atoms with E-state index in [4.69, 9.17) is 5.11 Å². The SMILES string of the molecule is OCCn1cc(CNCC2CCCC2CO)nn1. The molecule has 1 aromatic rings. The molecule has 1 heterocycles. The van der Waals surface area contributed by atoms with Crippen LogP contribution in [0.3, 0.4) is 0 Å². The second kappa shape index (κ2) is 6.82. The van der Waals surface area contributed by atoms with Crippen LogP contribution in [0.5, 0.6) is 0 Å². The lowest BCUT2D eigenvalue weighted by Gasteiger charge is -2.17. The minimum absolute atomic E-state index is 0.0798. The van der Waals surface area contributed by atoms with Gasteiger partial charge in [0.2, 0.25) is 0 Å². The van der Waals surface area contributed by atoms with Crippen molar-refractivity contribution in [2.75, 3.05) is 19.8 Å². The Morgan fingerprint density at radius 2 is 2.17 bits per heavy atom. The second-order valence-corrected chi connectivity index (χ2v) is 4.96. The third kappa shape index (κ3) is 3.51. The van der Waals surface area contributed by atoms with Gasteiger partial charge in [-0.1, -0.05) is 11.6 Å². The van der Waals surface area contributed by atoms with Gasteiger partial charge in [0.05, 0.1) is 18.8 Å². The molecule has 1 aromatic heterocycles. The molecule has 0 saturated heterocycles. The first-order valence-electron chi connectivity index (χ1n) is 6.65. The summed E-state index contributed by atoms with van der Waals surface area (Å²) in [4.78, 5) is 0. The third-order valence-corrected chi connectivity index (χ3v) is 3.68. The van der Waals surface area contributed by atoms with Gasteiger partial charge in [-0.05, 0) is 31.2 Å². The first kappa shape index (κ1) is 13.5. The fourth-order valence-electron chi connectivity index (χ4n) is 2.64. The molecule has 0 spiro atoms. The Morgan fingerprint density at radius 1 is 1.33 bits per heavy atom. The van der Waals surface area contributed by atoms with E-state index in [-0.39, 0.29) is 6.61 Å². The molecule has 102 valence electrons. The van der Waals surface area contributed by atoms with E-state index in [1.165, 1.54) is 12.8 Å². The van der Waals surface area contributed by atoms with Crippen molar-refractivity contribution in [1.82, 2.24) is 20.3 Å². The van der Waals surface area contributed by atoms with Gasteiger partial charge in [-0.3, -0.25) is 0 Å². The van der Waals surface area contributed by atoms with Crippen molar-refractivity contribution >= 4 is 0 Å². The normalized spacial score (nSPS) is 23.7. The zero-order valence-electron chi connectivity index (χ0n) is 10.6. The number of aromatic nitrogens is 3. The summed E-state index contributed by atoms with van der Waals surface area (Å²) in [7, 11) is 0. The molecule has 2 unspecified atom stereocenters. The number of aliphatic hydroxyl groups excluding tert-OH is 2. The molecule has 6 nitrogen and oxygen atoms in total. The minimum atomic E-state index is 0.0798. The topological polar surface area (TPSA) is 83.2 Å². The Balaban J connectivity index is 1.71. The van der Waals surface area contributed by atoms with E-state index in [9.17, 15) is 5.11 Å². The summed E-state index contributed by atoms with van der Waals surface area (Å²) in [6.07, 6.45) is 5.43. The zero-order valence-corrected chi connectivity index (χ0v) is 10.6. The maximum atomic E-state index is 9.24. The number of nitrogens with zero attached hydrogens (tertiary/aromatic N) is 3. The van der Waals surface area contributed by atoms with Gasteiger partial charge in [0.1, 0.15) is 0 Å². The molecule has 6 heteroatoms. The molecule has 0 amide bonds. The van der Waals surface area contributed by atoms with E-state index in [1.807, 2.05) is 6.20 Å². The smallest absolute Gasteiger partial charge is 0.0964 e. The average molecular weight is 254 g/mol. The Bertz CT molecular complexity index is 356. The van der Waals surface area contributed by atoms with Gasteiger partial charge in [0.15, 0.2) is 0 Å². The van der Waals surface area contributed by atoms with Crippen molar-refractivity contribution in [3.63, 3.8) is 0 Å². The molecule has 2 atom stereocenters. The molecular formula is C12H22N4O2. The van der Waals surface area contributed by atoms with Gasteiger partial charge < -0.3 is 15.5 Å². The molecule has 1 saturated carbocycles. The maximum Gasteiger partial charge on any atom is 0.0964 e. The summed E-state index contributed by atoms with van der Waals surface area (Å²) in [6, 6.07) is 0. The number of hydrogen-bond acceptors (Lipinski definition) is 5. The fraction of sp³-hybridized carbons (Fsp3) is 0.833. The molecule has 1 fully saturated rings. The Morgan fingerprint density at radius 3 is 2.94 bits per heavy atom. The van der Waals surface area contributed by atoms with Crippen LogP contribution in [0.4, 0.5) is 0 Å². The first-order chi connectivity index (χ1) is 8.83. The number of hydrogen-bond donors (Lipinski definition) is 3. The van der Waals surface area contributed by atoms with E-state index >= 15 is 0 Å². The predicted octanol–water partition coefficient (Wildman–Crippen LogP) is -0.231. The van der Waals surface area contributed by atoms with Crippen LogP contribution in [0.25, 0.3) is 0 Å². The lowest BCUT2D eigenvalue weighted by Crippen LogP contribution is -2.26. The molecule has 1 aliphatic rings. The third-order valence-electron chi connectivity index (χ3n) is 3.68. The van der Waals surface area contributed by atoms with Gasteiger partial charge >= 0.3 is 0 Å². The van der Waals surface area contributed by atoms with Crippen LogP contribution in [-0.4, -0.2) is 45.0 Å². The van der Waals surface area contributed by atoms with Crippen LogP contribution < -0.4 is 5.32 Å². The molecular weight excluding hydrogens is 232 g/mol. The number of aliphatic hydroxyl groups is 2. The molecule has 18 heavy (non-hydrogen) atoms. The van der Waals surface area contributed by atoms with Crippen molar-refractivity contribution < 1.29 is 10.2 Å². The summed E-state index contributed by atoms with van der Waals surface area (Å²) >= 11 is 0. The number of rotatable bonds is 7. The minimum Gasteiger partial charge on any atom is -0.396 e. The van der Waals surface area contributed by atoms with Crippen LogP contribution in [0.1, 0.15) is 25.0 Å². The van der Waals surface area contributed by atoms with Crippen molar-refractivity contribution in [2.45, 2.75) is 32.4 Å². The summed E-state index contributed by atoms with van der Waals surface area (Å²) in [5, 5.41) is 29.3. The van der Waals surface area contributed by atoms with E-state index in [2.05, 4.69) is 15.6 Å². The zero-order chi connectivity index (χ0) is 12.8. The Kier molecular flexibility index (Phi) is 5.10. The molecule has 1 aliphatic carbocycles. The van der Waals surface area contributed by atoms with Crippen molar-refractivity contribution in [2.24, 2.45) is 11.8 Å². The summed E-state index contributed by atoms with van der Waals surface area (Å²) in [6.45, 7) is 2.50. The average Bonchev–Trinajstić information content (AvgIpc) is 2.99. The van der Waals surface area contributed by atoms with Crippen LogP contribution in [0.2, 0.25) is 0 Å². The Labute approximate surface area is 107 Å². The summed E-state index contributed by atoms with van der Waals surface area (Å²) < 4.78 is 1.64. The van der Waals surface area contributed by atoms with Crippen molar-refractivity contribution in [1.29, 1.82) is 0 Å². The standard InChI is InChI=1S/C12H22N4O2/c17-5-4-16-8-12(14-15-16)7-13-6-10-2-1-3-11(10)9-18/h8,10-11,13,17-18H,1-7,9H2. The molecule has 3 N–H and O–H groups in total. The highest BCUT2D eigenvalue weighted by molar-refractivity contribution is 4.92.